The molecule has 0 bridgehead atoms. The number of aliphatic carboxylic acids is 1. The van der Waals surface area contributed by atoms with Crippen molar-refractivity contribution in [2.75, 3.05) is 14.1 Å². The van der Waals surface area contributed by atoms with Gasteiger partial charge in [-0.1, -0.05) is 63.5 Å². The zero-order chi connectivity index (χ0) is 33.0. The normalized spacial score (nSPS) is 15.2. The third-order valence-electron chi connectivity index (χ3n) is 9.81. The Morgan fingerprint density at radius 2 is 1.04 bits per heavy atom. The predicted octanol–water partition coefficient (Wildman–Crippen LogP) is 7.54. The van der Waals surface area contributed by atoms with E-state index < -0.39 is 12.0 Å². The van der Waals surface area contributed by atoms with Gasteiger partial charge in [0.25, 0.3) is 0 Å². The number of hydrogen-bond donors (Lipinski definition) is 3. The fraction of sp³-hybridized carbons (Fsp3) is 0.692. The Morgan fingerprint density at radius 1 is 0.630 bits per heavy atom. The van der Waals surface area contributed by atoms with Crippen molar-refractivity contribution in [1.29, 1.82) is 0 Å². The van der Waals surface area contributed by atoms with Crippen molar-refractivity contribution in [2.24, 2.45) is 0 Å². The van der Waals surface area contributed by atoms with E-state index in [0.29, 0.717) is 0 Å². The van der Waals surface area contributed by atoms with Gasteiger partial charge in [0.1, 0.15) is 11.8 Å². The molecule has 2 aromatic rings. The van der Waals surface area contributed by atoms with Crippen molar-refractivity contribution in [3.63, 3.8) is 0 Å². The molecule has 0 radical (unpaired) electrons. The largest absolute Gasteiger partial charge is 0.480 e. The average Bonchev–Trinajstić information content (AvgIpc) is 3.07. The lowest BCUT2D eigenvalue weighted by atomic mass is 9.95. The Kier molecular flexibility index (Phi) is 18.1. The standard InChI is InChI=1S/C20H32N2O.C19H30N2O2/c1-16(23)19(21-2)12-7-5-3-4-6-11-18-15-14-17-10-8-9-13-20(17)22-18;1-20-18(19(22)23)12-6-4-2-3-5-10-16-14-13-15-9-7-8-11-17(15)21-16/h14-15,19,21H,3-13H2,1-2H3;13-14,18,20H,2-12H2,1H3,(H,22,23). The number of carboxylic acid groups (broad SMARTS) is 1. The lowest BCUT2D eigenvalue weighted by molar-refractivity contribution is -0.139. The molecule has 2 atom stereocenters. The van der Waals surface area contributed by atoms with Crippen LogP contribution in [0.3, 0.4) is 0 Å². The summed E-state index contributed by atoms with van der Waals surface area (Å²) in [6.07, 6.45) is 25.6. The number of rotatable bonds is 20. The number of nitrogens with one attached hydrogen (secondary N) is 2. The first-order valence-electron chi connectivity index (χ1n) is 18.4. The molecule has 0 spiro atoms. The second-order valence-electron chi connectivity index (χ2n) is 13.5. The lowest BCUT2D eigenvalue weighted by Gasteiger charge is -2.15. The van der Waals surface area contributed by atoms with E-state index in [1.54, 1.807) is 14.0 Å². The van der Waals surface area contributed by atoms with E-state index in [4.69, 9.17) is 15.1 Å². The van der Waals surface area contributed by atoms with E-state index in [-0.39, 0.29) is 11.8 Å². The smallest absolute Gasteiger partial charge is 0.320 e. The summed E-state index contributed by atoms with van der Waals surface area (Å²) >= 11 is 0. The van der Waals surface area contributed by atoms with Crippen LogP contribution in [0, 0.1) is 0 Å². The molecule has 0 amide bonds. The molecule has 2 aliphatic carbocycles. The molecule has 46 heavy (non-hydrogen) atoms. The van der Waals surface area contributed by atoms with Crippen LogP contribution < -0.4 is 10.6 Å². The van der Waals surface area contributed by atoms with Gasteiger partial charge in [0.2, 0.25) is 0 Å². The fourth-order valence-electron chi connectivity index (χ4n) is 6.85. The second-order valence-corrected chi connectivity index (χ2v) is 13.5. The summed E-state index contributed by atoms with van der Waals surface area (Å²) in [5, 5.41) is 14.9. The minimum Gasteiger partial charge on any atom is -0.480 e. The molecule has 2 unspecified atom stereocenters. The van der Waals surface area contributed by atoms with E-state index >= 15 is 0 Å². The van der Waals surface area contributed by atoms with Crippen LogP contribution in [-0.4, -0.2) is 53.0 Å². The molecule has 256 valence electrons. The minimum absolute atomic E-state index is 0.0506. The number of hydrogen-bond acceptors (Lipinski definition) is 6. The summed E-state index contributed by atoms with van der Waals surface area (Å²) in [5.74, 6) is -0.489. The number of carboxylic acids is 1. The van der Waals surface area contributed by atoms with Crippen molar-refractivity contribution < 1.29 is 14.7 Å². The fourth-order valence-corrected chi connectivity index (χ4v) is 6.85. The summed E-state index contributed by atoms with van der Waals surface area (Å²) in [4.78, 5) is 31.9. The number of carbonyl (C=O) groups is 2. The van der Waals surface area contributed by atoms with Gasteiger partial charge in [0, 0.05) is 22.8 Å². The Labute approximate surface area is 279 Å². The van der Waals surface area contributed by atoms with Crippen LogP contribution in [0.2, 0.25) is 0 Å². The van der Waals surface area contributed by atoms with E-state index in [1.807, 2.05) is 7.05 Å². The minimum atomic E-state index is -0.744. The van der Waals surface area contributed by atoms with Crippen LogP contribution in [-0.2, 0) is 48.1 Å². The van der Waals surface area contributed by atoms with Gasteiger partial charge in [-0.25, -0.2) is 0 Å². The number of aromatic nitrogens is 2. The third kappa shape index (κ3) is 14.0. The number of carbonyl (C=O) groups excluding carboxylic acids is 1. The summed E-state index contributed by atoms with van der Waals surface area (Å²) < 4.78 is 0. The highest BCUT2D eigenvalue weighted by atomic mass is 16.4. The van der Waals surface area contributed by atoms with Gasteiger partial charge in [0.05, 0.1) is 6.04 Å². The number of pyridine rings is 2. The maximum Gasteiger partial charge on any atom is 0.320 e. The van der Waals surface area contributed by atoms with E-state index in [1.165, 1.54) is 124 Å². The molecule has 2 aliphatic rings. The quantitative estimate of drug-likeness (QED) is 0.129. The molecule has 0 saturated heterocycles. The van der Waals surface area contributed by atoms with Gasteiger partial charge in [-0.2, -0.15) is 0 Å². The van der Waals surface area contributed by atoms with Crippen molar-refractivity contribution in [2.45, 2.75) is 160 Å². The topological polar surface area (TPSA) is 104 Å². The highest BCUT2D eigenvalue weighted by Gasteiger charge is 2.14. The Morgan fingerprint density at radius 3 is 1.48 bits per heavy atom. The Balaban J connectivity index is 0.000000250. The van der Waals surface area contributed by atoms with Crippen LogP contribution in [0.1, 0.15) is 144 Å². The highest BCUT2D eigenvalue weighted by molar-refractivity contribution is 5.81. The molecular weight excluding hydrogens is 572 g/mol. The molecule has 2 heterocycles. The summed E-state index contributed by atoms with van der Waals surface area (Å²) in [6.45, 7) is 1.67. The van der Waals surface area contributed by atoms with Gasteiger partial charge in [-0.3, -0.25) is 19.6 Å². The molecule has 0 aromatic carbocycles. The molecule has 7 heteroatoms. The maximum absolute atomic E-state index is 11.3. The van der Waals surface area contributed by atoms with Gasteiger partial charge in [-0.05, 0) is 134 Å². The van der Waals surface area contributed by atoms with E-state index in [0.717, 1.165) is 51.4 Å². The Bertz CT molecular complexity index is 1090. The second kappa shape index (κ2) is 22.0. The van der Waals surface area contributed by atoms with Crippen LogP contribution in [0.4, 0.5) is 0 Å². The number of ketones is 1. The summed E-state index contributed by atoms with van der Waals surface area (Å²) in [7, 11) is 3.59. The molecule has 2 aromatic heterocycles. The number of unbranched alkanes of at least 4 members (excludes halogenated alkanes) is 8. The van der Waals surface area contributed by atoms with Crippen LogP contribution >= 0.6 is 0 Å². The van der Waals surface area contributed by atoms with E-state index in [9.17, 15) is 9.59 Å². The van der Waals surface area contributed by atoms with Gasteiger partial charge in [0.15, 0.2) is 0 Å². The zero-order valence-electron chi connectivity index (χ0n) is 29.2. The zero-order valence-corrected chi connectivity index (χ0v) is 29.2. The average molecular weight is 635 g/mol. The number of likely N-dealkylation sites (N-methyl/N-ethyl adjacent to an activating group) is 2. The first kappa shape index (κ1) is 37.8. The lowest BCUT2D eigenvalue weighted by Crippen LogP contribution is -2.33. The first-order valence-corrected chi connectivity index (χ1v) is 18.4. The van der Waals surface area contributed by atoms with E-state index in [2.05, 4.69) is 34.9 Å². The summed E-state index contributed by atoms with van der Waals surface area (Å²) in [6, 6.07) is 8.67. The molecule has 0 saturated carbocycles. The Hall–Kier alpha value is -2.64. The molecule has 0 fully saturated rings. The molecule has 0 aliphatic heterocycles. The van der Waals surface area contributed by atoms with Crippen molar-refractivity contribution >= 4 is 11.8 Å². The SMILES string of the molecule is CNC(CCCCCCCc1ccc2c(n1)CCCC2)C(=O)O.CNC(CCCCCCCc1ccc2c(n1)CCCC2)C(C)=O. The van der Waals surface area contributed by atoms with Crippen LogP contribution in [0.15, 0.2) is 24.3 Å². The van der Waals surface area contributed by atoms with Crippen LogP contribution in [0.25, 0.3) is 0 Å². The molecular formula is C39H62N4O3. The van der Waals surface area contributed by atoms with Crippen LogP contribution in [0.5, 0.6) is 0 Å². The number of nitrogens with zero attached hydrogens (tertiary/aromatic N) is 2. The van der Waals surface area contributed by atoms with Crippen molar-refractivity contribution in [3.05, 3.63) is 58.2 Å². The number of aryl methyl sites for hydroxylation is 6. The summed E-state index contributed by atoms with van der Waals surface area (Å²) in [5.41, 5.74) is 8.14. The molecule has 4 rings (SSSR count). The van der Waals surface area contributed by atoms with Gasteiger partial charge in [-0.15, -0.1) is 0 Å². The predicted molar refractivity (Wildman–Crippen MR) is 189 cm³/mol. The van der Waals surface area contributed by atoms with Gasteiger partial charge >= 0.3 is 5.97 Å². The maximum atomic E-state index is 11.3. The van der Waals surface area contributed by atoms with Crippen molar-refractivity contribution in [1.82, 2.24) is 20.6 Å². The molecule has 7 nitrogen and oxygen atoms in total. The first-order chi connectivity index (χ1) is 22.4. The molecule has 3 N–H and O–H groups in total. The van der Waals surface area contributed by atoms with Crippen molar-refractivity contribution in [3.8, 4) is 0 Å². The monoisotopic (exact) mass is 634 g/mol. The van der Waals surface area contributed by atoms with Gasteiger partial charge < -0.3 is 15.7 Å². The highest BCUT2D eigenvalue weighted by Crippen LogP contribution is 2.22. The number of fused-ring (bicyclic) bond motifs is 2. The third-order valence-corrected chi connectivity index (χ3v) is 9.81. The number of Topliss-reactive ketones (excluding diaryl/α,β-unsaturated/α-hetero) is 1.